The normalized spacial score (nSPS) is 10.5. The van der Waals surface area contributed by atoms with Crippen LogP contribution >= 0.6 is 0 Å². The molecule has 0 bridgehead atoms. The fourth-order valence-corrected chi connectivity index (χ4v) is 0.967. The molecule has 0 aliphatic carbocycles. The van der Waals surface area contributed by atoms with Gasteiger partial charge in [-0.25, -0.2) is 0 Å². The molecule has 4 heteroatoms. The number of alkyl halides is 1. The van der Waals surface area contributed by atoms with Crippen LogP contribution < -0.4 is 5.73 Å². The maximum Gasteiger partial charge on any atom is 0.0951 e. The summed E-state index contributed by atoms with van der Waals surface area (Å²) in [6, 6.07) is 0. The summed E-state index contributed by atoms with van der Waals surface area (Å²) < 4.78 is 13.6. The Balaban J connectivity index is 2.98. The summed E-state index contributed by atoms with van der Waals surface area (Å²) >= 11 is 0. The minimum Gasteiger partial charge on any atom is -0.396 e. The Kier molecular flexibility index (Phi) is 2.12. The van der Waals surface area contributed by atoms with Crippen LogP contribution in [0.3, 0.4) is 0 Å². The molecular formula is C7H12FN3. The first-order chi connectivity index (χ1) is 5.16. The average molecular weight is 157 g/mol. The van der Waals surface area contributed by atoms with Gasteiger partial charge < -0.3 is 5.73 Å². The lowest BCUT2D eigenvalue weighted by atomic mass is 10.2. The molecule has 1 heterocycles. The molecule has 62 valence electrons. The highest BCUT2D eigenvalue weighted by atomic mass is 19.1. The van der Waals surface area contributed by atoms with Crippen molar-refractivity contribution in [2.75, 3.05) is 12.4 Å². The fourth-order valence-electron chi connectivity index (χ4n) is 0.967. The van der Waals surface area contributed by atoms with Gasteiger partial charge in [0.15, 0.2) is 0 Å². The lowest BCUT2D eigenvalue weighted by molar-refractivity contribution is 0.490. The van der Waals surface area contributed by atoms with Gasteiger partial charge in [-0.1, -0.05) is 0 Å². The van der Waals surface area contributed by atoms with Gasteiger partial charge >= 0.3 is 0 Å². The minimum absolute atomic E-state index is 0.313. The van der Waals surface area contributed by atoms with E-state index in [1.54, 1.807) is 11.7 Å². The number of hydrogen-bond acceptors (Lipinski definition) is 2. The van der Waals surface area contributed by atoms with Gasteiger partial charge in [-0.15, -0.1) is 0 Å². The molecule has 3 nitrogen and oxygen atoms in total. The van der Waals surface area contributed by atoms with Gasteiger partial charge in [-0.2, -0.15) is 5.10 Å². The second-order valence-electron chi connectivity index (χ2n) is 2.51. The largest absolute Gasteiger partial charge is 0.396 e. The van der Waals surface area contributed by atoms with Crippen LogP contribution in [0.25, 0.3) is 0 Å². The molecule has 0 saturated heterocycles. The van der Waals surface area contributed by atoms with E-state index in [1.165, 1.54) is 0 Å². The van der Waals surface area contributed by atoms with Gasteiger partial charge in [0.25, 0.3) is 0 Å². The maximum atomic E-state index is 11.9. The molecule has 0 aliphatic rings. The topological polar surface area (TPSA) is 43.8 Å². The zero-order chi connectivity index (χ0) is 8.43. The number of aromatic nitrogens is 2. The van der Waals surface area contributed by atoms with E-state index in [9.17, 15) is 4.39 Å². The molecule has 0 aliphatic heterocycles. The van der Waals surface area contributed by atoms with E-state index in [2.05, 4.69) is 5.10 Å². The Bertz CT molecular complexity index is 254. The summed E-state index contributed by atoms with van der Waals surface area (Å²) in [4.78, 5) is 0. The lowest BCUT2D eigenvalue weighted by Gasteiger charge is -1.92. The standard InChI is InChI=1S/C7H12FN3/c1-5-7(9)6(3-4-8)10-11(5)2/h3-4,9H2,1-2H3. The highest BCUT2D eigenvalue weighted by Gasteiger charge is 2.07. The molecule has 0 aromatic carbocycles. The zero-order valence-electron chi connectivity index (χ0n) is 6.76. The van der Waals surface area contributed by atoms with Gasteiger partial charge in [-0.05, 0) is 6.92 Å². The van der Waals surface area contributed by atoms with Crippen molar-refractivity contribution in [2.24, 2.45) is 7.05 Å². The van der Waals surface area contributed by atoms with Crippen LogP contribution in [0, 0.1) is 6.92 Å². The molecule has 2 N–H and O–H groups in total. The summed E-state index contributed by atoms with van der Waals surface area (Å²) in [6.07, 6.45) is 0.313. The molecule has 1 rings (SSSR count). The van der Waals surface area contributed by atoms with E-state index in [0.29, 0.717) is 17.8 Å². The molecule has 1 aromatic heterocycles. The molecule has 0 atom stereocenters. The number of aryl methyl sites for hydroxylation is 2. The first kappa shape index (κ1) is 8.04. The first-order valence-corrected chi connectivity index (χ1v) is 3.50. The second-order valence-corrected chi connectivity index (χ2v) is 2.51. The predicted molar refractivity (Wildman–Crippen MR) is 42.0 cm³/mol. The maximum absolute atomic E-state index is 11.9. The summed E-state index contributed by atoms with van der Waals surface area (Å²) in [5, 5.41) is 4.05. The molecule has 0 unspecified atom stereocenters. The quantitative estimate of drug-likeness (QED) is 0.690. The molecule has 11 heavy (non-hydrogen) atoms. The second kappa shape index (κ2) is 2.90. The Morgan fingerprint density at radius 3 is 2.64 bits per heavy atom. The van der Waals surface area contributed by atoms with Gasteiger partial charge in [0, 0.05) is 13.5 Å². The van der Waals surface area contributed by atoms with Crippen molar-refractivity contribution < 1.29 is 4.39 Å². The van der Waals surface area contributed by atoms with Crippen LogP contribution in [0.4, 0.5) is 10.1 Å². The zero-order valence-corrected chi connectivity index (χ0v) is 6.76. The number of nitrogen functional groups attached to an aromatic ring is 1. The number of rotatable bonds is 2. The van der Waals surface area contributed by atoms with Crippen molar-refractivity contribution in [3.63, 3.8) is 0 Å². The fraction of sp³-hybridized carbons (Fsp3) is 0.571. The molecule has 1 aromatic rings. The minimum atomic E-state index is -0.402. The van der Waals surface area contributed by atoms with Gasteiger partial charge in [0.05, 0.1) is 23.7 Å². The molecule has 0 saturated carbocycles. The SMILES string of the molecule is Cc1c(N)c(CCF)nn1C. The smallest absolute Gasteiger partial charge is 0.0951 e. The van der Waals surface area contributed by atoms with Crippen molar-refractivity contribution in [1.82, 2.24) is 9.78 Å². The van der Waals surface area contributed by atoms with Gasteiger partial charge in [0.2, 0.25) is 0 Å². The van der Waals surface area contributed by atoms with Gasteiger partial charge in [-0.3, -0.25) is 9.07 Å². The number of nitrogens with zero attached hydrogens (tertiary/aromatic N) is 2. The third-order valence-corrected chi connectivity index (χ3v) is 1.79. The van der Waals surface area contributed by atoms with Crippen LogP contribution in [0.5, 0.6) is 0 Å². The van der Waals surface area contributed by atoms with Crippen molar-refractivity contribution in [3.05, 3.63) is 11.4 Å². The third kappa shape index (κ3) is 1.34. The van der Waals surface area contributed by atoms with Crippen molar-refractivity contribution >= 4 is 5.69 Å². The van der Waals surface area contributed by atoms with Crippen molar-refractivity contribution in [2.45, 2.75) is 13.3 Å². The molecule has 0 spiro atoms. The summed E-state index contributed by atoms with van der Waals surface area (Å²) in [5.41, 5.74) is 7.81. The average Bonchev–Trinajstić information content (AvgIpc) is 2.19. The number of hydrogen-bond donors (Lipinski definition) is 1. The molecule has 0 radical (unpaired) electrons. The van der Waals surface area contributed by atoms with Crippen molar-refractivity contribution in [3.8, 4) is 0 Å². The summed E-state index contributed by atoms with van der Waals surface area (Å²) in [7, 11) is 1.80. The number of anilines is 1. The van der Waals surface area contributed by atoms with Crippen LogP contribution in [0.1, 0.15) is 11.4 Å². The van der Waals surface area contributed by atoms with E-state index >= 15 is 0 Å². The molecule has 0 amide bonds. The number of halogens is 1. The highest BCUT2D eigenvalue weighted by molar-refractivity contribution is 5.47. The van der Waals surface area contributed by atoms with Crippen LogP contribution in [0.2, 0.25) is 0 Å². The number of nitrogens with two attached hydrogens (primary N) is 1. The van der Waals surface area contributed by atoms with Gasteiger partial charge in [0.1, 0.15) is 0 Å². The third-order valence-electron chi connectivity index (χ3n) is 1.79. The van der Waals surface area contributed by atoms with Crippen LogP contribution in [-0.2, 0) is 13.5 Å². The van der Waals surface area contributed by atoms with Crippen LogP contribution in [-0.4, -0.2) is 16.5 Å². The van der Waals surface area contributed by atoms with E-state index in [1.807, 2.05) is 6.92 Å². The Hall–Kier alpha value is -1.06. The van der Waals surface area contributed by atoms with E-state index in [-0.39, 0.29) is 0 Å². The Morgan fingerprint density at radius 1 is 1.64 bits per heavy atom. The van der Waals surface area contributed by atoms with E-state index in [0.717, 1.165) is 5.69 Å². The predicted octanol–water partition coefficient (Wildman–Crippen LogP) is 0.823. The first-order valence-electron chi connectivity index (χ1n) is 3.50. The summed E-state index contributed by atoms with van der Waals surface area (Å²) in [5.74, 6) is 0. The van der Waals surface area contributed by atoms with E-state index in [4.69, 9.17) is 5.73 Å². The monoisotopic (exact) mass is 157 g/mol. The lowest BCUT2D eigenvalue weighted by Crippen LogP contribution is -1.94. The van der Waals surface area contributed by atoms with Crippen LogP contribution in [0.15, 0.2) is 0 Å². The summed E-state index contributed by atoms with van der Waals surface area (Å²) in [6.45, 7) is 1.46. The van der Waals surface area contributed by atoms with E-state index < -0.39 is 6.67 Å². The molecular weight excluding hydrogens is 145 g/mol. The Labute approximate surface area is 65.0 Å². The molecule has 0 fully saturated rings. The Morgan fingerprint density at radius 2 is 2.27 bits per heavy atom. The van der Waals surface area contributed by atoms with Crippen molar-refractivity contribution in [1.29, 1.82) is 0 Å². The highest BCUT2D eigenvalue weighted by Crippen LogP contribution is 2.14.